The summed E-state index contributed by atoms with van der Waals surface area (Å²) in [6.45, 7) is 2.34. The minimum absolute atomic E-state index is 0.0104. The molecule has 0 atom stereocenters. The van der Waals surface area contributed by atoms with E-state index >= 15 is 0 Å². The first-order valence-corrected chi connectivity index (χ1v) is 10.0. The summed E-state index contributed by atoms with van der Waals surface area (Å²) in [5.41, 5.74) is 1.11. The predicted octanol–water partition coefficient (Wildman–Crippen LogP) is 5.21. The third kappa shape index (κ3) is 7.13. The zero-order valence-electron chi connectivity index (χ0n) is 17.7. The van der Waals surface area contributed by atoms with Crippen molar-refractivity contribution >= 4 is 30.2 Å². The number of amides is 1. The van der Waals surface area contributed by atoms with E-state index in [1.54, 1.807) is 39.0 Å². The Morgan fingerprint density at radius 2 is 1.74 bits per heavy atom. The number of carbonyl (C=O) groups excluding carboxylic acids is 2. The molecule has 2 rings (SSSR count). The van der Waals surface area contributed by atoms with Crippen LogP contribution in [-0.2, 0) is 26.5 Å². The summed E-state index contributed by atoms with van der Waals surface area (Å²) in [4.78, 5) is 23.8. The van der Waals surface area contributed by atoms with E-state index in [4.69, 9.17) is 4.74 Å². The number of hydrogen-bond acceptors (Lipinski definition) is 6. The fourth-order valence-electron chi connectivity index (χ4n) is 2.49. The molecule has 6 nitrogen and oxygen atoms in total. The van der Waals surface area contributed by atoms with Crippen molar-refractivity contribution in [2.75, 3.05) is 12.4 Å². The highest BCUT2D eigenvalue weighted by molar-refractivity contribution is 7.79. The molecule has 0 heterocycles. The summed E-state index contributed by atoms with van der Waals surface area (Å²) < 4.78 is 40.7. The number of thiol groups is 1. The Morgan fingerprint density at radius 1 is 1.06 bits per heavy atom. The van der Waals surface area contributed by atoms with Crippen molar-refractivity contribution in [2.45, 2.75) is 39.6 Å². The number of rotatable bonds is 8. The van der Waals surface area contributed by atoms with Crippen LogP contribution in [0.25, 0.3) is 0 Å². The molecule has 31 heavy (non-hydrogen) atoms. The lowest BCUT2D eigenvalue weighted by Crippen LogP contribution is -2.27. The maximum Gasteiger partial charge on any atom is 0.387 e. The van der Waals surface area contributed by atoms with E-state index in [0.29, 0.717) is 22.6 Å². The first kappa shape index (κ1) is 24.5. The number of carbonyl (C=O) groups is 2. The number of ether oxygens (including phenoxy) is 3. The van der Waals surface area contributed by atoms with Gasteiger partial charge in [-0.05, 0) is 35.9 Å². The zero-order chi connectivity index (χ0) is 23.2. The lowest BCUT2D eigenvalue weighted by Gasteiger charge is -2.19. The Labute approximate surface area is 185 Å². The van der Waals surface area contributed by atoms with Crippen LogP contribution >= 0.6 is 12.6 Å². The molecule has 0 aromatic heterocycles. The van der Waals surface area contributed by atoms with Gasteiger partial charge in [0.15, 0.2) is 11.5 Å². The van der Waals surface area contributed by atoms with Crippen molar-refractivity contribution in [3.63, 3.8) is 0 Å². The molecular formula is C22H25F2NO5S. The third-order valence-electron chi connectivity index (χ3n) is 4.19. The summed E-state index contributed by atoms with van der Waals surface area (Å²) in [5, 5.41) is 2.82. The van der Waals surface area contributed by atoms with Crippen molar-refractivity contribution in [2.24, 2.45) is 5.41 Å². The van der Waals surface area contributed by atoms with Crippen LogP contribution in [0.2, 0.25) is 0 Å². The van der Waals surface area contributed by atoms with Crippen LogP contribution < -0.4 is 14.8 Å². The molecule has 168 valence electrons. The highest BCUT2D eigenvalue weighted by atomic mass is 32.1. The SMILES string of the molecule is COC(=O)Cc1ccc(OC(F)F)c(Oc2ccc(NC(=O)C(C)(C)C)cc2CS)c1. The number of methoxy groups -OCH3 is 1. The van der Waals surface area contributed by atoms with Gasteiger partial charge in [-0.25, -0.2) is 0 Å². The summed E-state index contributed by atoms with van der Waals surface area (Å²) in [7, 11) is 1.26. The van der Waals surface area contributed by atoms with Crippen LogP contribution in [-0.4, -0.2) is 25.6 Å². The van der Waals surface area contributed by atoms with Crippen LogP contribution in [0.4, 0.5) is 14.5 Å². The van der Waals surface area contributed by atoms with Gasteiger partial charge < -0.3 is 19.5 Å². The van der Waals surface area contributed by atoms with Gasteiger partial charge in [0.1, 0.15) is 5.75 Å². The molecule has 0 aliphatic heterocycles. The van der Waals surface area contributed by atoms with Gasteiger partial charge in [0.2, 0.25) is 5.91 Å². The average Bonchev–Trinajstić information content (AvgIpc) is 2.69. The number of hydrogen-bond donors (Lipinski definition) is 2. The van der Waals surface area contributed by atoms with E-state index in [9.17, 15) is 18.4 Å². The number of benzene rings is 2. The smallest absolute Gasteiger partial charge is 0.387 e. The highest BCUT2D eigenvalue weighted by Gasteiger charge is 2.22. The van der Waals surface area contributed by atoms with E-state index in [-0.39, 0.29) is 29.6 Å². The molecule has 0 saturated carbocycles. The van der Waals surface area contributed by atoms with Crippen molar-refractivity contribution in [1.82, 2.24) is 0 Å². The summed E-state index contributed by atoms with van der Waals surface area (Å²) in [5.74, 6) is -0.201. The Morgan fingerprint density at radius 3 is 2.32 bits per heavy atom. The molecule has 2 aromatic rings. The Bertz CT molecular complexity index is 944. The number of halogens is 2. The van der Waals surface area contributed by atoms with Gasteiger partial charge in [0.25, 0.3) is 0 Å². The van der Waals surface area contributed by atoms with Gasteiger partial charge in [0.05, 0.1) is 13.5 Å². The average molecular weight is 454 g/mol. The Kier molecular flexibility index (Phi) is 8.27. The van der Waals surface area contributed by atoms with E-state index in [0.717, 1.165) is 0 Å². The normalized spacial score (nSPS) is 11.2. The first-order chi connectivity index (χ1) is 14.5. The fourth-order valence-corrected chi connectivity index (χ4v) is 2.74. The third-order valence-corrected chi connectivity index (χ3v) is 4.53. The second-order valence-corrected chi connectivity index (χ2v) is 8.02. The molecule has 0 spiro atoms. The monoisotopic (exact) mass is 453 g/mol. The summed E-state index contributed by atoms with van der Waals surface area (Å²) in [6.07, 6.45) is -0.0565. The Balaban J connectivity index is 2.35. The minimum Gasteiger partial charge on any atom is -0.469 e. The van der Waals surface area contributed by atoms with Gasteiger partial charge in [-0.15, -0.1) is 0 Å². The van der Waals surface area contributed by atoms with E-state index in [1.165, 1.54) is 25.3 Å². The first-order valence-electron chi connectivity index (χ1n) is 9.41. The second kappa shape index (κ2) is 10.5. The van der Waals surface area contributed by atoms with Crippen LogP contribution in [0.15, 0.2) is 36.4 Å². The van der Waals surface area contributed by atoms with Crippen molar-refractivity contribution in [3.05, 3.63) is 47.5 Å². The Hall–Kier alpha value is -2.81. The van der Waals surface area contributed by atoms with Crippen molar-refractivity contribution < 1.29 is 32.6 Å². The maximum absolute atomic E-state index is 12.8. The van der Waals surface area contributed by atoms with Gasteiger partial charge >= 0.3 is 12.6 Å². The zero-order valence-corrected chi connectivity index (χ0v) is 18.6. The van der Waals surface area contributed by atoms with Crippen molar-refractivity contribution in [3.8, 4) is 17.2 Å². The van der Waals surface area contributed by atoms with Crippen LogP contribution in [0.3, 0.4) is 0 Å². The molecule has 1 N–H and O–H groups in total. The van der Waals surface area contributed by atoms with E-state index < -0.39 is 18.0 Å². The highest BCUT2D eigenvalue weighted by Crippen LogP contribution is 2.36. The lowest BCUT2D eigenvalue weighted by molar-refractivity contribution is -0.139. The largest absolute Gasteiger partial charge is 0.469 e. The topological polar surface area (TPSA) is 73.9 Å². The van der Waals surface area contributed by atoms with Crippen LogP contribution in [0.1, 0.15) is 31.9 Å². The van der Waals surface area contributed by atoms with Crippen LogP contribution in [0, 0.1) is 5.41 Å². The van der Waals surface area contributed by atoms with E-state index in [1.807, 2.05) is 0 Å². The molecule has 0 saturated heterocycles. The lowest BCUT2D eigenvalue weighted by atomic mass is 9.95. The van der Waals surface area contributed by atoms with Gasteiger partial charge in [-0.1, -0.05) is 26.8 Å². The molecule has 0 radical (unpaired) electrons. The van der Waals surface area contributed by atoms with E-state index in [2.05, 4.69) is 27.4 Å². The number of nitrogens with one attached hydrogen (secondary N) is 1. The quantitative estimate of drug-likeness (QED) is 0.424. The van der Waals surface area contributed by atoms with Gasteiger partial charge in [-0.2, -0.15) is 21.4 Å². The molecule has 0 bridgehead atoms. The molecule has 2 aromatic carbocycles. The number of anilines is 1. The molecule has 0 unspecified atom stereocenters. The van der Waals surface area contributed by atoms with Gasteiger partial charge in [-0.3, -0.25) is 9.59 Å². The van der Waals surface area contributed by atoms with Crippen molar-refractivity contribution in [1.29, 1.82) is 0 Å². The van der Waals surface area contributed by atoms with Crippen LogP contribution in [0.5, 0.6) is 17.2 Å². The molecule has 0 fully saturated rings. The molecule has 0 aliphatic carbocycles. The summed E-state index contributed by atoms with van der Waals surface area (Å²) in [6, 6.07) is 9.15. The second-order valence-electron chi connectivity index (χ2n) is 7.70. The molecule has 1 amide bonds. The number of esters is 1. The molecule has 0 aliphatic rings. The standard InChI is InChI=1S/C22H25F2NO5S/c1-22(2,3)20(27)25-15-6-8-16(14(11-15)12-31)29-18-9-13(10-19(26)28-4)5-7-17(18)30-21(23)24/h5-9,11,21,31H,10,12H2,1-4H3,(H,25,27). The molecule has 9 heteroatoms. The predicted molar refractivity (Wildman–Crippen MR) is 116 cm³/mol. The minimum atomic E-state index is -3.05. The summed E-state index contributed by atoms with van der Waals surface area (Å²) >= 11 is 4.30. The van der Waals surface area contributed by atoms with Gasteiger partial charge in [0, 0.05) is 22.4 Å². The molecular weight excluding hydrogens is 428 g/mol. The maximum atomic E-state index is 12.8. The fraction of sp³-hybridized carbons (Fsp3) is 0.364. The number of alkyl halides is 2.